The Morgan fingerprint density at radius 1 is 0.319 bits per heavy atom. The van der Waals surface area contributed by atoms with Gasteiger partial charge in [-0.2, -0.15) is 0 Å². The fourth-order valence-electron chi connectivity index (χ4n) is 9.80. The first-order valence-corrected chi connectivity index (χ1v) is 39.8. The molecule has 0 rings (SSSR count). The van der Waals surface area contributed by atoms with E-state index in [0.29, 0.717) is 25.7 Å². The zero-order chi connectivity index (χ0) is 69.0. The van der Waals surface area contributed by atoms with Crippen LogP contribution in [0, 0.1) is 0 Å². The summed E-state index contributed by atoms with van der Waals surface area (Å²) in [5.74, 6) is -2.32. The highest BCUT2D eigenvalue weighted by Gasteiger charge is 2.30. The maximum absolute atomic E-state index is 13.0. The van der Waals surface area contributed by atoms with Gasteiger partial charge in [-0.15, -0.1) is 0 Å². The van der Waals surface area contributed by atoms with Crippen LogP contribution in [0.25, 0.3) is 0 Å². The van der Waals surface area contributed by atoms with E-state index in [1.807, 2.05) is 18.2 Å². The van der Waals surface area contributed by atoms with Crippen molar-refractivity contribution in [3.05, 3.63) is 85.1 Å². The zero-order valence-corrected chi connectivity index (χ0v) is 60.9. The van der Waals surface area contributed by atoms with Crippen LogP contribution < -0.4 is 0 Å². The molecule has 0 aromatic heterocycles. The van der Waals surface area contributed by atoms with Gasteiger partial charge in [0.1, 0.15) is 19.3 Å². The lowest BCUT2D eigenvalue weighted by Gasteiger charge is -2.21. The number of aliphatic hydroxyl groups excluding tert-OH is 1. The molecule has 0 aromatic rings. The van der Waals surface area contributed by atoms with Crippen molar-refractivity contribution in [1.29, 1.82) is 0 Å². The van der Waals surface area contributed by atoms with Crippen molar-refractivity contribution in [2.24, 2.45) is 0 Å². The van der Waals surface area contributed by atoms with Crippen LogP contribution in [0.4, 0.5) is 0 Å². The van der Waals surface area contributed by atoms with E-state index in [1.54, 1.807) is 6.08 Å². The van der Waals surface area contributed by atoms with Gasteiger partial charge in [-0.3, -0.25) is 37.3 Å². The summed E-state index contributed by atoms with van der Waals surface area (Å²) >= 11 is 0. The Balaban J connectivity index is 5.39. The van der Waals surface area contributed by atoms with E-state index >= 15 is 0 Å². The van der Waals surface area contributed by atoms with Crippen molar-refractivity contribution >= 4 is 39.5 Å². The second-order valence-corrected chi connectivity index (χ2v) is 27.4. The molecule has 0 saturated carbocycles. The lowest BCUT2D eigenvalue weighted by Crippen LogP contribution is -2.30. The Kier molecular flexibility index (Phi) is 65.1. The Morgan fingerprint density at radius 3 is 0.989 bits per heavy atom. The van der Waals surface area contributed by atoms with Crippen LogP contribution in [0.15, 0.2) is 85.1 Å². The van der Waals surface area contributed by atoms with E-state index in [9.17, 15) is 43.2 Å². The van der Waals surface area contributed by atoms with Gasteiger partial charge in [0, 0.05) is 19.3 Å². The lowest BCUT2D eigenvalue weighted by atomic mass is 10.0. The van der Waals surface area contributed by atoms with Gasteiger partial charge in [-0.25, -0.2) is 9.13 Å². The summed E-state index contributed by atoms with van der Waals surface area (Å²) in [6.45, 7) is 4.58. The van der Waals surface area contributed by atoms with Crippen molar-refractivity contribution in [1.82, 2.24) is 0 Å². The van der Waals surface area contributed by atoms with Crippen molar-refractivity contribution in [2.45, 2.75) is 329 Å². The molecule has 0 fully saturated rings. The number of carbonyl (C=O) groups excluding carboxylic acids is 4. The maximum Gasteiger partial charge on any atom is 0.472 e. The van der Waals surface area contributed by atoms with E-state index in [-0.39, 0.29) is 25.7 Å². The van der Waals surface area contributed by atoms with Gasteiger partial charge in [0.05, 0.1) is 32.8 Å². The number of esters is 4. The highest BCUT2D eigenvalue weighted by molar-refractivity contribution is 7.47. The average Bonchev–Trinajstić information content (AvgIpc) is 1.67. The van der Waals surface area contributed by atoms with Crippen molar-refractivity contribution < 1.29 is 80.2 Å². The predicted octanol–water partition coefficient (Wildman–Crippen LogP) is 20.7. The van der Waals surface area contributed by atoms with Gasteiger partial charge >= 0.3 is 39.5 Å². The van der Waals surface area contributed by atoms with E-state index in [0.717, 1.165) is 122 Å². The summed E-state index contributed by atoms with van der Waals surface area (Å²) in [6, 6.07) is 0. The van der Waals surface area contributed by atoms with Crippen molar-refractivity contribution in [2.75, 3.05) is 39.6 Å². The Hall–Kier alpha value is -3.76. The number of phosphoric ester groups is 2. The van der Waals surface area contributed by atoms with Gasteiger partial charge in [-0.05, 0) is 77.0 Å². The highest BCUT2D eigenvalue weighted by atomic mass is 31.2. The first-order chi connectivity index (χ1) is 45.7. The lowest BCUT2D eigenvalue weighted by molar-refractivity contribution is -0.161. The third-order valence-corrected chi connectivity index (χ3v) is 17.3. The molecule has 544 valence electrons. The van der Waals surface area contributed by atoms with Crippen LogP contribution in [-0.4, -0.2) is 96.7 Å². The molecule has 0 radical (unpaired) electrons. The van der Waals surface area contributed by atoms with Gasteiger partial charge in [0.15, 0.2) is 12.2 Å². The molecule has 0 saturated heterocycles. The minimum atomic E-state index is -4.99. The first-order valence-electron chi connectivity index (χ1n) is 36.8. The minimum absolute atomic E-state index is 0.0603. The Bertz CT molecular complexity index is 2120. The van der Waals surface area contributed by atoms with Crippen molar-refractivity contribution in [3.63, 3.8) is 0 Å². The molecule has 0 aliphatic heterocycles. The van der Waals surface area contributed by atoms with Gasteiger partial charge in [0.25, 0.3) is 0 Å². The fraction of sp³-hybridized carbons (Fsp3) is 0.760. The molecule has 0 aliphatic carbocycles. The van der Waals surface area contributed by atoms with Gasteiger partial charge < -0.3 is 33.8 Å². The largest absolute Gasteiger partial charge is 0.472 e. The normalized spacial score (nSPS) is 14.5. The monoisotopic (exact) mass is 1370 g/mol. The summed E-state index contributed by atoms with van der Waals surface area (Å²) in [6.07, 6.45) is 67.6. The summed E-state index contributed by atoms with van der Waals surface area (Å²) in [7, 11) is -9.96. The quantitative estimate of drug-likeness (QED) is 0.0169. The Labute approximate surface area is 570 Å². The first kappa shape index (κ1) is 90.2. The summed E-state index contributed by atoms with van der Waals surface area (Å²) in [5, 5.41) is 10.6. The number of unbranched alkanes of at least 4 members (excludes halogenated alkanes) is 30. The number of phosphoric acid groups is 2. The fourth-order valence-corrected chi connectivity index (χ4v) is 11.4. The van der Waals surface area contributed by atoms with Crippen LogP contribution >= 0.6 is 15.6 Å². The molecule has 19 heteroatoms. The molecular weight excluding hydrogens is 1230 g/mol. The summed E-state index contributed by atoms with van der Waals surface area (Å²) in [5.41, 5.74) is 0. The molecule has 5 atom stereocenters. The van der Waals surface area contributed by atoms with E-state index in [1.165, 1.54) is 109 Å². The summed E-state index contributed by atoms with van der Waals surface area (Å²) < 4.78 is 68.2. The summed E-state index contributed by atoms with van der Waals surface area (Å²) in [4.78, 5) is 72.6. The topological polar surface area (TPSA) is 237 Å². The number of hydrogen-bond donors (Lipinski definition) is 3. The minimum Gasteiger partial charge on any atom is -0.462 e. The second-order valence-electron chi connectivity index (χ2n) is 24.5. The third kappa shape index (κ3) is 66.8. The average molecular weight is 1370 g/mol. The van der Waals surface area contributed by atoms with Gasteiger partial charge in [0.2, 0.25) is 0 Å². The number of carbonyl (C=O) groups is 4. The number of ether oxygens (including phenoxy) is 4. The molecule has 0 heterocycles. The molecule has 0 spiro atoms. The van der Waals surface area contributed by atoms with Crippen LogP contribution in [0.5, 0.6) is 0 Å². The molecule has 0 aromatic carbocycles. The van der Waals surface area contributed by atoms with E-state index in [4.69, 9.17) is 37.0 Å². The third-order valence-electron chi connectivity index (χ3n) is 15.4. The predicted molar refractivity (Wildman–Crippen MR) is 381 cm³/mol. The zero-order valence-electron chi connectivity index (χ0n) is 59.1. The number of rotatable bonds is 69. The number of allylic oxidation sites excluding steroid dienone is 13. The van der Waals surface area contributed by atoms with Crippen LogP contribution in [0.3, 0.4) is 0 Å². The Morgan fingerprint density at radius 2 is 0.617 bits per heavy atom. The molecule has 0 aliphatic rings. The standard InChI is InChI=1S/C75H132O17P2/c1-5-9-13-17-21-25-29-33-34-38-40-44-48-52-56-60-73(78)86-66-71(92-75(80)62-58-54-50-46-42-37-32-28-24-20-16-12-8-4)68-90-94(83,84)88-64-69(76)63-87-93(81,82)89-67-70(91-74(79)61-57-53-49-45-41-36-31-27-23-19-15-11-7-3)65-85-72(77)59-55-51-47-43-39-35-30-26-22-18-14-10-6-2/h9,13,16,20-21,25,28,32-34,40,44,52,56,69-71,76H,5-8,10-12,14-15,17-19,22-24,26-27,29-31,35-39,41-43,45-51,53-55,57-68H2,1-4H3,(H,81,82)(H,83,84)/b13-9-,20-16-,25-21-,32-28-,34-33-,44-40-,56-52-. The number of aliphatic hydroxyl groups is 1. The maximum atomic E-state index is 13.0. The molecular formula is C75H132O17P2. The van der Waals surface area contributed by atoms with Crippen LogP contribution in [0.1, 0.15) is 310 Å². The van der Waals surface area contributed by atoms with Crippen LogP contribution in [0.2, 0.25) is 0 Å². The second kappa shape index (κ2) is 67.8. The molecule has 3 N–H and O–H groups in total. The van der Waals surface area contributed by atoms with Crippen molar-refractivity contribution in [3.8, 4) is 0 Å². The molecule has 0 bridgehead atoms. The van der Waals surface area contributed by atoms with E-state index < -0.39 is 97.5 Å². The molecule has 94 heavy (non-hydrogen) atoms. The molecule has 5 unspecified atom stereocenters. The van der Waals surface area contributed by atoms with Crippen LogP contribution in [-0.2, 0) is 65.4 Å². The smallest absolute Gasteiger partial charge is 0.462 e. The molecule has 0 amide bonds. The molecule has 17 nitrogen and oxygen atoms in total. The van der Waals surface area contributed by atoms with E-state index in [2.05, 4.69) is 88.5 Å². The van der Waals surface area contributed by atoms with Gasteiger partial charge in [-0.1, -0.05) is 293 Å². The SMILES string of the molecule is CC/C=C\C/C=C\C/C=C\C/C=C\C/C=C\CC(=O)OCC(COP(=O)(O)OCC(O)COP(=O)(O)OCC(COC(=O)CCCCCCCCCCCCCCC)OC(=O)CCCCCCCCCCCCCCC)OC(=O)CCCCCCC/C=C\C/C=C\CCC. The number of hydrogen-bond acceptors (Lipinski definition) is 15. The highest BCUT2D eigenvalue weighted by Crippen LogP contribution is 2.45.